The fourth-order valence-corrected chi connectivity index (χ4v) is 3.24. The minimum atomic E-state index is -3.41. The summed E-state index contributed by atoms with van der Waals surface area (Å²) in [6, 6.07) is 7.81. The summed E-state index contributed by atoms with van der Waals surface area (Å²) < 4.78 is 29.5. The first-order chi connectivity index (χ1) is 11.2. The van der Waals surface area contributed by atoms with E-state index in [0.717, 1.165) is 27.3 Å². The first kappa shape index (κ1) is 18.5. The number of nitrogens with one attached hydrogen (secondary N) is 1. The highest BCUT2D eigenvalue weighted by atomic mass is 32.2. The van der Waals surface area contributed by atoms with Crippen LogP contribution in [0.2, 0.25) is 0 Å². The number of aromatic nitrogens is 1. The molecular weight excluding hydrogens is 324 g/mol. The second-order valence-corrected chi connectivity index (χ2v) is 8.45. The Bertz CT molecular complexity index is 861. The Morgan fingerprint density at radius 1 is 1.33 bits per heavy atom. The van der Waals surface area contributed by atoms with Crippen LogP contribution in [0.3, 0.4) is 0 Å². The lowest BCUT2D eigenvalue weighted by Crippen LogP contribution is -2.36. The van der Waals surface area contributed by atoms with Crippen LogP contribution in [0.25, 0.3) is 10.9 Å². The number of fused-ring (bicyclic) bond motifs is 1. The molecule has 0 fully saturated rings. The molecule has 1 heterocycles. The van der Waals surface area contributed by atoms with E-state index in [9.17, 15) is 8.42 Å². The molecule has 0 saturated heterocycles. The molecule has 1 aromatic carbocycles. The van der Waals surface area contributed by atoms with E-state index in [2.05, 4.69) is 35.4 Å². The van der Waals surface area contributed by atoms with E-state index in [1.54, 1.807) is 6.07 Å². The van der Waals surface area contributed by atoms with Gasteiger partial charge in [0.05, 0.1) is 11.6 Å². The van der Waals surface area contributed by atoms with Crippen LogP contribution in [0.15, 0.2) is 24.4 Å². The topological polar surface area (TPSA) is 78.1 Å². The Hall–Kier alpha value is -1.88. The van der Waals surface area contributed by atoms with Crippen LogP contribution < -0.4 is 4.72 Å². The monoisotopic (exact) mass is 348 g/mol. The van der Waals surface area contributed by atoms with Crippen molar-refractivity contribution in [1.82, 2.24) is 13.6 Å². The standard InChI is InChI=1S/C17H24N4O2S/c1-13(2)11-21-12-15(7-8-19-24(22,23)20(3)4)16-6-5-14(10-18)9-17(16)21/h5-6,9,12-13,19H,7-8,11H2,1-4H3. The zero-order valence-corrected chi connectivity index (χ0v) is 15.4. The van der Waals surface area contributed by atoms with Crippen LogP contribution in [0.5, 0.6) is 0 Å². The lowest BCUT2D eigenvalue weighted by Gasteiger charge is -2.11. The van der Waals surface area contributed by atoms with Gasteiger partial charge in [-0.25, -0.2) is 4.72 Å². The average molecular weight is 348 g/mol. The zero-order chi connectivity index (χ0) is 17.9. The molecular formula is C17H24N4O2S. The molecule has 0 atom stereocenters. The van der Waals surface area contributed by atoms with Gasteiger partial charge in [-0.05, 0) is 30.0 Å². The van der Waals surface area contributed by atoms with Gasteiger partial charge in [0.1, 0.15) is 0 Å². The van der Waals surface area contributed by atoms with Gasteiger partial charge in [0.15, 0.2) is 0 Å². The lowest BCUT2D eigenvalue weighted by molar-refractivity contribution is 0.506. The van der Waals surface area contributed by atoms with Crippen molar-refractivity contribution in [2.75, 3.05) is 20.6 Å². The van der Waals surface area contributed by atoms with E-state index < -0.39 is 10.2 Å². The van der Waals surface area contributed by atoms with Gasteiger partial charge >= 0.3 is 0 Å². The molecule has 0 aliphatic carbocycles. The Kier molecular flexibility index (Phi) is 5.65. The predicted octanol–water partition coefficient (Wildman–Crippen LogP) is 2.11. The summed E-state index contributed by atoms with van der Waals surface area (Å²) in [5.41, 5.74) is 2.73. The molecule has 1 N–H and O–H groups in total. The van der Waals surface area contributed by atoms with E-state index in [1.165, 1.54) is 14.1 Å². The third-order valence-electron chi connectivity index (χ3n) is 3.82. The van der Waals surface area contributed by atoms with Crippen LogP contribution in [-0.4, -0.2) is 37.9 Å². The van der Waals surface area contributed by atoms with Gasteiger partial charge in [-0.3, -0.25) is 0 Å². The summed E-state index contributed by atoms with van der Waals surface area (Å²) in [4.78, 5) is 0. The van der Waals surface area contributed by atoms with Crippen molar-refractivity contribution >= 4 is 21.1 Å². The first-order valence-electron chi connectivity index (χ1n) is 7.93. The van der Waals surface area contributed by atoms with E-state index in [1.807, 2.05) is 12.1 Å². The van der Waals surface area contributed by atoms with Gasteiger partial charge in [0.25, 0.3) is 10.2 Å². The molecule has 0 aliphatic heterocycles. The third-order valence-corrected chi connectivity index (χ3v) is 5.35. The summed E-state index contributed by atoms with van der Waals surface area (Å²) in [7, 11) is -0.410. The molecule has 1 aromatic heterocycles. The largest absolute Gasteiger partial charge is 0.347 e. The summed E-state index contributed by atoms with van der Waals surface area (Å²) in [5, 5.41) is 10.2. The van der Waals surface area contributed by atoms with Crippen molar-refractivity contribution in [2.45, 2.75) is 26.8 Å². The van der Waals surface area contributed by atoms with Crippen molar-refractivity contribution in [2.24, 2.45) is 5.92 Å². The van der Waals surface area contributed by atoms with Crippen LogP contribution in [-0.2, 0) is 23.2 Å². The maximum atomic E-state index is 11.8. The summed E-state index contributed by atoms with van der Waals surface area (Å²) in [6.07, 6.45) is 2.66. The highest BCUT2D eigenvalue weighted by Crippen LogP contribution is 2.24. The summed E-state index contributed by atoms with van der Waals surface area (Å²) in [6.45, 7) is 5.48. The minimum Gasteiger partial charge on any atom is -0.347 e. The Morgan fingerprint density at radius 2 is 2.04 bits per heavy atom. The molecule has 7 heteroatoms. The number of benzene rings is 1. The van der Waals surface area contributed by atoms with Gasteiger partial charge < -0.3 is 4.57 Å². The zero-order valence-electron chi connectivity index (χ0n) is 14.6. The Morgan fingerprint density at radius 3 is 2.62 bits per heavy atom. The normalized spacial score (nSPS) is 12.2. The third kappa shape index (κ3) is 4.15. The highest BCUT2D eigenvalue weighted by Gasteiger charge is 2.14. The van der Waals surface area contributed by atoms with Crippen LogP contribution in [0, 0.1) is 17.2 Å². The molecule has 0 amide bonds. The SMILES string of the molecule is CC(C)Cn1cc(CCNS(=O)(=O)N(C)C)c2ccc(C#N)cc21. The average Bonchev–Trinajstić information content (AvgIpc) is 2.83. The molecule has 0 unspecified atom stereocenters. The van der Waals surface area contributed by atoms with Gasteiger partial charge in [-0.1, -0.05) is 19.9 Å². The van der Waals surface area contributed by atoms with Crippen LogP contribution >= 0.6 is 0 Å². The lowest BCUT2D eigenvalue weighted by atomic mass is 10.1. The van der Waals surface area contributed by atoms with Crippen LogP contribution in [0.1, 0.15) is 25.0 Å². The van der Waals surface area contributed by atoms with Gasteiger partial charge in [0.2, 0.25) is 0 Å². The van der Waals surface area contributed by atoms with Crippen molar-refractivity contribution in [1.29, 1.82) is 5.26 Å². The summed E-state index contributed by atoms with van der Waals surface area (Å²) in [5.74, 6) is 0.478. The Labute approximate surface area is 143 Å². The molecule has 0 spiro atoms. The molecule has 2 aromatic rings. The summed E-state index contributed by atoms with van der Waals surface area (Å²) >= 11 is 0. The smallest absolute Gasteiger partial charge is 0.278 e. The Balaban J connectivity index is 2.29. The number of hydrogen-bond acceptors (Lipinski definition) is 3. The fraction of sp³-hybridized carbons (Fsp3) is 0.471. The molecule has 2 rings (SSSR count). The van der Waals surface area contributed by atoms with Gasteiger partial charge in [0, 0.05) is 44.3 Å². The molecule has 0 saturated carbocycles. The molecule has 130 valence electrons. The van der Waals surface area contributed by atoms with Crippen molar-refractivity contribution in [3.63, 3.8) is 0 Å². The number of hydrogen-bond donors (Lipinski definition) is 1. The molecule has 0 bridgehead atoms. The number of nitriles is 1. The molecule has 24 heavy (non-hydrogen) atoms. The van der Waals surface area contributed by atoms with Crippen molar-refractivity contribution < 1.29 is 8.42 Å². The molecule has 0 aliphatic rings. The molecule has 0 radical (unpaired) electrons. The van der Waals surface area contributed by atoms with Crippen LogP contribution in [0.4, 0.5) is 0 Å². The molecule has 6 nitrogen and oxygen atoms in total. The van der Waals surface area contributed by atoms with Crippen molar-refractivity contribution in [3.8, 4) is 6.07 Å². The number of rotatable bonds is 7. The van der Waals surface area contributed by atoms with E-state index in [0.29, 0.717) is 24.4 Å². The predicted molar refractivity (Wildman–Crippen MR) is 95.8 cm³/mol. The van der Waals surface area contributed by atoms with Gasteiger partial charge in [-0.15, -0.1) is 0 Å². The second-order valence-electron chi connectivity index (χ2n) is 6.48. The van der Waals surface area contributed by atoms with Gasteiger partial charge in [-0.2, -0.15) is 18.0 Å². The minimum absolute atomic E-state index is 0.335. The quantitative estimate of drug-likeness (QED) is 0.832. The second kappa shape index (κ2) is 7.34. The maximum absolute atomic E-state index is 11.8. The first-order valence-corrected chi connectivity index (χ1v) is 9.37. The highest BCUT2D eigenvalue weighted by molar-refractivity contribution is 7.87. The van der Waals surface area contributed by atoms with Crippen molar-refractivity contribution in [3.05, 3.63) is 35.5 Å². The number of nitrogens with zero attached hydrogens (tertiary/aromatic N) is 3. The maximum Gasteiger partial charge on any atom is 0.278 e. The fourth-order valence-electron chi connectivity index (χ4n) is 2.62. The van der Waals surface area contributed by atoms with E-state index >= 15 is 0 Å². The van der Waals surface area contributed by atoms with E-state index in [-0.39, 0.29) is 0 Å². The van der Waals surface area contributed by atoms with E-state index in [4.69, 9.17) is 5.26 Å².